The first-order valence-corrected chi connectivity index (χ1v) is 8.38. The fourth-order valence-electron chi connectivity index (χ4n) is 4.22. The maximum Gasteiger partial charge on any atom is 0.264 e. The van der Waals surface area contributed by atoms with Crippen LogP contribution in [0, 0.1) is 16.7 Å². The monoisotopic (exact) mass is 315 g/mol. The van der Waals surface area contributed by atoms with Crippen LogP contribution in [0.25, 0.3) is 11.1 Å². The van der Waals surface area contributed by atoms with Crippen LogP contribution in [-0.4, -0.2) is 15.9 Å². The topological polar surface area (TPSA) is 60.2 Å². The molecule has 2 unspecified atom stereocenters. The van der Waals surface area contributed by atoms with Gasteiger partial charge in [0, 0.05) is 18.2 Å². The van der Waals surface area contributed by atoms with Crippen LogP contribution in [0.5, 0.6) is 0 Å². The molecule has 0 aliphatic heterocycles. The van der Waals surface area contributed by atoms with Crippen molar-refractivity contribution < 1.29 is 14.0 Å². The maximum absolute atomic E-state index is 12.9. The second-order valence-electron chi connectivity index (χ2n) is 6.83. The molecule has 2 bridgehead atoms. The van der Waals surface area contributed by atoms with E-state index in [0.29, 0.717) is 29.6 Å². The predicted molar refractivity (Wildman–Crippen MR) is 83.4 cm³/mol. The lowest BCUT2D eigenvalue weighted by atomic mass is 9.70. The fourth-order valence-corrected chi connectivity index (χ4v) is 5.30. The van der Waals surface area contributed by atoms with Crippen LogP contribution in [-0.2, 0) is 9.59 Å². The summed E-state index contributed by atoms with van der Waals surface area (Å²) < 4.78 is 5.62. The smallest absolute Gasteiger partial charge is 0.264 e. The Morgan fingerprint density at radius 2 is 2.14 bits per heavy atom. The first-order chi connectivity index (χ1) is 10.4. The molecule has 4 nitrogen and oxygen atoms in total. The quantitative estimate of drug-likeness (QED) is 0.622. The molecule has 1 aromatic carbocycles. The zero-order valence-corrected chi connectivity index (χ0v) is 13.4. The van der Waals surface area contributed by atoms with Gasteiger partial charge in [-0.05, 0) is 36.3 Å². The molecule has 114 valence electrons. The molecule has 4 rings (SSSR count). The summed E-state index contributed by atoms with van der Waals surface area (Å²) in [5, 5.41) is 0.230. The summed E-state index contributed by atoms with van der Waals surface area (Å²) in [5.41, 5.74) is 0.275. The minimum absolute atomic E-state index is 0.0994. The lowest BCUT2D eigenvalue weighted by Gasteiger charge is -2.33. The number of carbonyl (C=O) groups excluding carboxylic acids is 2. The minimum Gasteiger partial charge on any atom is -0.431 e. The third-order valence-electron chi connectivity index (χ3n) is 5.70. The highest BCUT2D eigenvalue weighted by atomic mass is 32.2. The van der Waals surface area contributed by atoms with E-state index in [1.54, 1.807) is 0 Å². The Morgan fingerprint density at radius 3 is 2.77 bits per heavy atom. The van der Waals surface area contributed by atoms with Gasteiger partial charge in [0.15, 0.2) is 5.58 Å². The summed E-state index contributed by atoms with van der Waals surface area (Å²) >= 11 is 0.985. The van der Waals surface area contributed by atoms with E-state index in [9.17, 15) is 9.59 Å². The molecule has 0 amide bonds. The van der Waals surface area contributed by atoms with Gasteiger partial charge in [0.05, 0.1) is 0 Å². The molecule has 2 saturated carbocycles. The van der Waals surface area contributed by atoms with Crippen LogP contribution >= 0.6 is 11.8 Å². The Hall–Kier alpha value is -1.62. The molecule has 1 aromatic heterocycles. The number of benzene rings is 1. The van der Waals surface area contributed by atoms with Crippen molar-refractivity contribution in [1.82, 2.24) is 4.98 Å². The van der Waals surface area contributed by atoms with Gasteiger partial charge < -0.3 is 4.42 Å². The molecule has 2 fully saturated rings. The maximum atomic E-state index is 12.9. The molecule has 1 heterocycles. The van der Waals surface area contributed by atoms with Crippen molar-refractivity contribution in [3.8, 4) is 0 Å². The highest BCUT2D eigenvalue weighted by Crippen LogP contribution is 2.65. The van der Waals surface area contributed by atoms with Crippen molar-refractivity contribution in [2.24, 2.45) is 16.7 Å². The third-order valence-corrected chi connectivity index (χ3v) is 6.58. The van der Waals surface area contributed by atoms with Gasteiger partial charge in [-0.2, -0.15) is 0 Å². The number of hydrogen-bond acceptors (Lipinski definition) is 5. The number of ketones is 1. The van der Waals surface area contributed by atoms with E-state index in [-0.39, 0.29) is 16.3 Å². The second kappa shape index (κ2) is 4.44. The average Bonchev–Trinajstić information content (AvgIpc) is 3.04. The van der Waals surface area contributed by atoms with E-state index < -0.39 is 5.41 Å². The Bertz CT molecular complexity index is 761. The number of para-hydroxylation sites is 2. The van der Waals surface area contributed by atoms with Gasteiger partial charge in [0.25, 0.3) is 5.22 Å². The SMILES string of the molecule is CC1(C)C2CCC1(C(=O)Sc1nc3ccccc3o1)C(=O)C2. The number of rotatable bonds is 2. The predicted octanol–water partition coefficient (Wildman–Crippen LogP) is 3.84. The van der Waals surface area contributed by atoms with Gasteiger partial charge in [-0.15, -0.1) is 0 Å². The van der Waals surface area contributed by atoms with Crippen molar-refractivity contribution >= 4 is 33.8 Å². The van der Waals surface area contributed by atoms with Crippen molar-refractivity contribution in [3.63, 3.8) is 0 Å². The number of fused-ring (bicyclic) bond motifs is 3. The molecule has 0 N–H and O–H groups in total. The third kappa shape index (κ3) is 1.63. The number of thioether (sulfide) groups is 1. The summed E-state index contributed by atoms with van der Waals surface area (Å²) in [6.45, 7) is 4.11. The van der Waals surface area contributed by atoms with Crippen molar-refractivity contribution in [3.05, 3.63) is 24.3 Å². The molecule has 2 aliphatic rings. The largest absolute Gasteiger partial charge is 0.431 e. The van der Waals surface area contributed by atoms with Crippen LogP contribution < -0.4 is 0 Å². The van der Waals surface area contributed by atoms with E-state index in [0.717, 1.165) is 23.7 Å². The highest BCUT2D eigenvalue weighted by Gasteiger charge is 2.68. The summed E-state index contributed by atoms with van der Waals surface area (Å²) in [7, 11) is 0. The second-order valence-corrected chi connectivity index (χ2v) is 7.75. The van der Waals surface area contributed by atoms with Crippen molar-refractivity contribution in [2.45, 2.75) is 38.3 Å². The van der Waals surface area contributed by atoms with Gasteiger partial charge in [-0.1, -0.05) is 26.0 Å². The van der Waals surface area contributed by atoms with Gasteiger partial charge in [-0.25, -0.2) is 4.98 Å². The number of oxazole rings is 1. The van der Waals surface area contributed by atoms with E-state index in [1.807, 2.05) is 24.3 Å². The Morgan fingerprint density at radius 1 is 1.36 bits per heavy atom. The van der Waals surface area contributed by atoms with Crippen LogP contribution in [0.2, 0.25) is 0 Å². The van der Waals surface area contributed by atoms with Crippen molar-refractivity contribution in [1.29, 1.82) is 0 Å². The van der Waals surface area contributed by atoms with E-state index in [4.69, 9.17) is 4.42 Å². The van der Waals surface area contributed by atoms with Crippen LogP contribution in [0.3, 0.4) is 0 Å². The molecule has 2 aromatic rings. The van der Waals surface area contributed by atoms with Crippen LogP contribution in [0.4, 0.5) is 0 Å². The summed E-state index contributed by atoms with van der Waals surface area (Å²) in [6.07, 6.45) is 2.15. The molecule has 5 heteroatoms. The standard InChI is InChI=1S/C17H17NO3S/c1-16(2)10-7-8-17(16,13(19)9-10)14(20)22-15-18-11-5-3-4-6-12(11)21-15/h3-6,10H,7-9H2,1-2H3. The number of carbonyl (C=O) groups is 2. The Balaban J connectivity index is 1.68. The number of hydrogen-bond donors (Lipinski definition) is 0. The molecular weight excluding hydrogens is 298 g/mol. The zero-order chi connectivity index (χ0) is 15.5. The lowest BCUT2D eigenvalue weighted by Crippen LogP contribution is -2.42. The highest BCUT2D eigenvalue weighted by molar-refractivity contribution is 8.13. The summed E-state index contributed by atoms with van der Waals surface area (Å²) in [4.78, 5) is 29.8. The first kappa shape index (κ1) is 14.0. The van der Waals surface area contributed by atoms with E-state index >= 15 is 0 Å². The molecule has 2 atom stereocenters. The van der Waals surface area contributed by atoms with Crippen LogP contribution in [0.1, 0.15) is 33.1 Å². The van der Waals surface area contributed by atoms with Gasteiger partial charge in [-0.3, -0.25) is 9.59 Å². The fraction of sp³-hybridized carbons (Fsp3) is 0.471. The molecule has 22 heavy (non-hydrogen) atoms. The van der Waals surface area contributed by atoms with Crippen LogP contribution in [0.15, 0.2) is 33.9 Å². The normalized spacial score (nSPS) is 29.4. The Kier molecular flexibility index (Phi) is 2.83. The van der Waals surface area contributed by atoms with E-state index in [1.165, 1.54) is 0 Å². The van der Waals surface area contributed by atoms with Gasteiger partial charge in [0.1, 0.15) is 16.7 Å². The molecule has 0 spiro atoms. The first-order valence-electron chi connectivity index (χ1n) is 7.56. The van der Waals surface area contributed by atoms with E-state index in [2.05, 4.69) is 18.8 Å². The molecule has 2 aliphatic carbocycles. The Labute approximate surface area is 132 Å². The summed E-state index contributed by atoms with van der Waals surface area (Å²) in [5.74, 6) is 0.426. The van der Waals surface area contributed by atoms with Gasteiger partial charge >= 0.3 is 0 Å². The molecule has 0 saturated heterocycles. The summed E-state index contributed by atoms with van der Waals surface area (Å²) in [6, 6.07) is 7.42. The molecule has 0 radical (unpaired) electrons. The van der Waals surface area contributed by atoms with Gasteiger partial charge in [0.2, 0.25) is 5.12 Å². The lowest BCUT2D eigenvalue weighted by molar-refractivity contribution is -0.138. The number of Topliss-reactive ketones (excluding diaryl/α,β-unsaturated/α-hetero) is 1. The average molecular weight is 315 g/mol. The zero-order valence-electron chi connectivity index (χ0n) is 12.6. The molecular formula is C17H17NO3S. The number of nitrogens with zero attached hydrogens (tertiary/aromatic N) is 1. The minimum atomic E-state index is -0.858. The number of aromatic nitrogens is 1. The van der Waals surface area contributed by atoms with Crippen molar-refractivity contribution in [2.75, 3.05) is 0 Å².